The molecule has 2 amide bonds. The predicted octanol–water partition coefficient (Wildman–Crippen LogP) is 3.75. The monoisotopic (exact) mass is 379 g/mol. The molecular weight excluding hydrogens is 361 g/mol. The van der Waals surface area contributed by atoms with Gasteiger partial charge in [0.05, 0.1) is 23.1 Å². The van der Waals surface area contributed by atoms with Gasteiger partial charge in [-0.15, -0.1) is 0 Å². The van der Waals surface area contributed by atoms with E-state index in [1.807, 2.05) is 19.1 Å². The molecule has 3 unspecified atom stereocenters. The zero-order valence-electron chi connectivity index (χ0n) is 15.2. The third-order valence-electron chi connectivity index (χ3n) is 5.25. The Morgan fingerprint density at radius 1 is 1.11 bits per heavy atom. The highest BCUT2D eigenvalue weighted by Gasteiger charge is 2.50. The summed E-state index contributed by atoms with van der Waals surface area (Å²) in [6.45, 7) is 1.93. The summed E-state index contributed by atoms with van der Waals surface area (Å²) in [5.74, 6) is -2.64. The van der Waals surface area contributed by atoms with Crippen LogP contribution in [-0.4, -0.2) is 17.8 Å². The van der Waals surface area contributed by atoms with E-state index >= 15 is 0 Å². The van der Waals surface area contributed by atoms with Crippen molar-refractivity contribution in [1.82, 2.24) is 0 Å². The number of rotatable bonds is 3. The number of amides is 2. The second-order valence-electron chi connectivity index (χ2n) is 7.03. The molecular formula is C22H18FNO4. The maximum atomic E-state index is 13.8. The molecule has 1 fully saturated rings. The van der Waals surface area contributed by atoms with E-state index in [1.165, 1.54) is 41.3 Å². The molecule has 1 aliphatic heterocycles. The number of anilines is 1. The van der Waals surface area contributed by atoms with Crippen molar-refractivity contribution in [3.8, 4) is 5.75 Å². The van der Waals surface area contributed by atoms with E-state index < -0.39 is 11.8 Å². The first kappa shape index (κ1) is 18.1. The summed E-state index contributed by atoms with van der Waals surface area (Å²) in [5, 5.41) is 0. The molecule has 0 radical (unpaired) electrons. The van der Waals surface area contributed by atoms with Gasteiger partial charge in [-0.3, -0.25) is 9.59 Å². The molecule has 28 heavy (non-hydrogen) atoms. The molecule has 1 saturated heterocycles. The number of allylic oxidation sites excluding steroid dienone is 2. The third-order valence-corrected chi connectivity index (χ3v) is 5.25. The van der Waals surface area contributed by atoms with Gasteiger partial charge in [-0.05, 0) is 36.6 Å². The minimum Gasteiger partial charge on any atom is -0.423 e. The Balaban J connectivity index is 1.59. The van der Waals surface area contributed by atoms with Gasteiger partial charge in [-0.1, -0.05) is 37.3 Å². The number of carbonyl (C=O) groups excluding carboxylic acids is 3. The van der Waals surface area contributed by atoms with E-state index in [2.05, 4.69) is 0 Å². The van der Waals surface area contributed by atoms with E-state index in [0.29, 0.717) is 12.1 Å². The molecule has 5 nitrogen and oxygen atoms in total. The molecule has 0 N–H and O–H groups in total. The van der Waals surface area contributed by atoms with Crippen molar-refractivity contribution in [3.05, 3.63) is 72.1 Å². The van der Waals surface area contributed by atoms with Crippen LogP contribution in [0.15, 0.2) is 60.7 Å². The zero-order chi connectivity index (χ0) is 19.8. The van der Waals surface area contributed by atoms with Crippen molar-refractivity contribution >= 4 is 23.5 Å². The topological polar surface area (TPSA) is 63.7 Å². The molecule has 0 bridgehead atoms. The minimum atomic E-state index is -0.846. The van der Waals surface area contributed by atoms with Gasteiger partial charge >= 0.3 is 5.97 Å². The third kappa shape index (κ3) is 3.01. The summed E-state index contributed by atoms with van der Waals surface area (Å²) in [6, 6.07) is 11.7. The number of fused-ring (bicyclic) bond motifs is 1. The van der Waals surface area contributed by atoms with Crippen molar-refractivity contribution in [2.45, 2.75) is 13.3 Å². The molecule has 3 atom stereocenters. The number of hydrogen-bond donors (Lipinski definition) is 0. The maximum absolute atomic E-state index is 13.8. The van der Waals surface area contributed by atoms with Gasteiger partial charge in [0.15, 0.2) is 0 Å². The van der Waals surface area contributed by atoms with Gasteiger partial charge in [-0.25, -0.2) is 14.1 Å². The molecule has 4 rings (SSSR count). The Hall–Kier alpha value is -3.28. The number of nitrogens with zero attached hydrogens (tertiary/aromatic N) is 1. The smallest absolute Gasteiger partial charge is 0.346 e. The second-order valence-corrected chi connectivity index (χ2v) is 7.03. The molecule has 2 aliphatic rings. The van der Waals surface area contributed by atoms with Crippen molar-refractivity contribution in [1.29, 1.82) is 0 Å². The van der Waals surface area contributed by atoms with Gasteiger partial charge in [0.1, 0.15) is 11.6 Å². The van der Waals surface area contributed by atoms with Gasteiger partial charge in [0.25, 0.3) is 0 Å². The van der Waals surface area contributed by atoms with Crippen molar-refractivity contribution < 1.29 is 23.5 Å². The van der Waals surface area contributed by atoms with E-state index in [4.69, 9.17) is 4.74 Å². The van der Waals surface area contributed by atoms with Crippen LogP contribution < -0.4 is 9.64 Å². The molecule has 1 heterocycles. The van der Waals surface area contributed by atoms with Crippen LogP contribution in [0.5, 0.6) is 5.75 Å². The zero-order valence-corrected chi connectivity index (χ0v) is 15.2. The van der Waals surface area contributed by atoms with Crippen LogP contribution in [0.3, 0.4) is 0 Å². The van der Waals surface area contributed by atoms with Gasteiger partial charge < -0.3 is 4.74 Å². The van der Waals surface area contributed by atoms with Gasteiger partial charge in [0, 0.05) is 6.07 Å². The van der Waals surface area contributed by atoms with Crippen LogP contribution in [-0.2, 0) is 9.59 Å². The quantitative estimate of drug-likeness (QED) is 0.353. The second kappa shape index (κ2) is 7.03. The van der Waals surface area contributed by atoms with Crippen LogP contribution in [0.2, 0.25) is 0 Å². The molecule has 0 saturated carbocycles. The molecule has 6 heteroatoms. The summed E-state index contributed by atoms with van der Waals surface area (Å²) in [7, 11) is 0. The molecule has 0 aromatic heterocycles. The molecule has 1 aliphatic carbocycles. The van der Waals surface area contributed by atoms with E-state index in [9.17, 15) is 18.8 Å². The van der Waals surface area contributed by atoms with E-state index in [0.717, 1.165) is 0 Å². The van der Waals surface area contributed by atoms with Crippen molar-refractivity contribution in [2.24, 2.45) is 17.8 Å². The number of carbonyl (C=O) groups is 3. The summed E-state index contributed by atoms with van der Waals surface area (Å²) >= 11 is 0. The van der Waals surface area contributed by atoms with E-state index in [1.54, 1.807) is 12.1 Å². The molecule has 0 spiro atoms. The van der Waals surface area contributed by atoms with Crippen molar-refractivity contribution in [3.63, 3.8) is 0 Å². The van der Waals surface area contributed by atoms with Gasteiger partial charge in [-0.2, -0.15) is 0 Å². The highest BCUT2D eigenvalue weighted by Crippen LogP contribution is 2.40. The largest absolute Gasteiger partial charge is 0.423 e. The van der Waals surface area contributed by atoms with Crippen LogP contribution in [0.1, 0.15) is 23.7 Å². The van der Waals surface area contributed by atoms with Crippen LogP contribution in [0.4, 0.5) is 10.1 Å². The summed E-state index contributed by atoms with van der Waals surface area (Å²) < 4.78 is 19.0. The predicted molar refractivity (Wildman–Crippen MR) is 100 cm³/mol. The Kier molecular flexibility index (Phi) is 4.55. The Labute approximate surface area is 161 Å². The fraction of sp³-hybridized carbons (Fsp3) is 0.227. The molecule has 142 valence electrons. The summed E-state index contributed by atoms with van der Waals surface area (Å²) in [5.41, 5.74) is 0.155. The van der Waals surface area contributed by atoms with Crippen LogP contribution in [0.25, 0.3) is 0 Å². The normalized spacial score (nSPS) is 23.6. The number of hydrogen-bond acceptors (Lipinski definition) is 4. The lowest BCUT2D eigenvalue weighted by Crippen LogP contribution is -2.31. The number of ether oxygens (including phenoxy) is 1. The fourth-order valence-corrected chi connectivity index (χ4v) is 3.88. The first-order chi connectivity index (χ1) is 13.5. The number of esters is 1. The summed E-state index contributed by atoms with van der Waals surface area (Å²) in [6.07, 6.45) is 4.44. The van der Waals surface area contributed by atoms with Crippen LogP contribution in [0, 0.1) is 23.6 Å². The van der Waals surface area contributed by atoms with E-state index in [-0.39, 0.29) is 40.9 Å². The molecule has 2 aromatic carbocycles. The SMILES string of the molecule is CC1C=CCC2C(=O)N(c3cccc(OC(=O)c4ccccc4F)c3)C(=O)C12. The minimum absolute atomic E-state index is 0.0118. The number of halogens is 1. The highest BCUT2D eigenvalue weighted by atomic mass is 19.1. The Morgan fingerprint density at radius 3 is 2.64 bits per heavy atom. The average molecular weight is 379 g/mol. The lowest BCUT2D eigenvalue weighted by atomic mass is 9.78. The van der Waals surface area contributed by atoms with Gasteiger partial charge in [0.2, 0.25) is 11.8 Å². The lowest BCUT2D eigenvalue weighted by molar-refractivity contribution is -0.122. The highest BCUT2D eigenvalue weighted by molar-refractivity contribution is 6.22. The number of imide groups is 1. The Bertz CT molecular complexity index is 1000. The summed E-state index contributed by atoms with van der Waals surface area (Å²) in [4.78, 5) is 39.1. The molecule has 2 aromatic rings. The van der Waals surface area contributed by atoms with Crippen molar-refractivity contribution in [2.75, 3.05) is 4.90 Å². The maximum Gasteiger partial charge on any atom is 0.346 e. The lowest BCUT2D eigenvalue weighted by Gasteiger charge is -2.22. The average Bonchev–Trinajstić information content (AvgIpc) is 2.94. The first-order valence-electron chi connectivity index (χ1n) is 9.08. The standard InChI is InChI=1S/C22H18FNO4/c1-13-6-4-10-17-19(13)21(26)24(20(17)25)14-7-5-8-15(12-14)28-22(27)16-9-2-3-11-18(16)23/h2-9,11-13,17,19H,10H2,1H3. The fourth-order valence-electron chi connectivity index (χ4n) is 3.88. The number of benzene rings is 2. The Morgan fingerprint density at radius 2 is 1.89 bits per heavy atom. The first-order valence-corrected chi connectivity index (χ1v) is 9.08. The van der Waals surface area contributed by atoms with Crippen LogP contribution >= 0.6 is 0 Å².